The molecule has 5 heteroatoms. The van der Waals surface area contributed by atoms with E-state index in [2.05, 4.69) is 4.90 Å². The van der Waals surface area contributed by atoms with Crippen molar-refractivity contribution in [2.75, 3.05) is 26.2 Å². The fourth-order valence-corrected chi connectivity index (χ4v) is 2.84. The molecule has 1 aliphatic heterocycles. The van der Waals surface area contributed by atoms with Gasteiger partial charge in [-0.2, -0.15) is 0 Å². The molecule has 21 heavy (non-hydrogen) atoms. The summed E-state index contributed by atoms with van der Waals surface area (Å²) >= 11 is 0. The first-order chi connectivity index (χ1) is 10.2. The van der Waals surface area contributed by atoms with E-state index < -0.39 is 5.91 Å². The molecule has 0 bridgehead atoms. The van der Waals surface area contributed by atoms with Crippen LogP contribution in [0.15, 0.2) is 24.3 Å². The fraction of sp³-hybridized carbons (Fsp3) is 0.562. The van der Waals surface area contributed by atoms with Gasteiger partial charge >= 0.3 is 0 Å². The molecule has 1 fully saturated rings. The van der Waals surface area contributed by atoms with Crippen molar-refractivity contribution < 1.29 is 10.0 Å². The molecule has 4 N–H and O–H groups in total. The number of hydrogen-bond acceptors (Lipinski definition) is 4. The number of hydrogen-bond donors (Lipinski definition) is 3. The van der Waals surface area contributed by atoms with Crippen molar-refractivity contribution in [1.82, 2.24) is 10.4 Å². The number of benzene rings is 1. The third-order valence-electron chi connectivity index (χ3n) is 4.30. The third kappa shape index (κ3) is 4.81. The van der Waals surface area contributed by atoms with E-state index in [4.69, 9.17) is 10.9 Å². The Balaban J connectivity index is 1.70. The van der Waals surface area contributed by atoms with Crippen LogP contribution in [0.4, 0.5) is 0 Å². The van der Waals surface area contributed by atoms with Gasteiger partial charge in [0.15, 0.2) is 0 Å². The zero-order chi connectivity index (χ0) is 15.1. The maximum Gasteiger partial charge on any atom is 0.274 e. The average molecular weight is 291 g/mol. The van der Waals surface area contributed by atoms with Crippen molar-refractivity contribution in [2.45, 2.75) is 25.7 Å². The molecule has 5 nitrogen and oxygen atoms in total. The number of hydroxylamine groups is 1. The predicted molar refractivity (Wildman–Crippen MR) is 82.2 cm³/mol. The molecule has 0 unspecified atom stereocenters. The summed E-state index contributed by atoms with van der Waals surface area (Å²) in [6, 6.07) is 7.39. The Labute approximate surface area is 126 Å². The maximum atomic E-state index is 11.2. The third-order valence-corrected chi connectivity index (χ3v) is 4.30. The summed E-state index contributed by atoms with van der Waals surface area (Å²) in [5, 5.41) is 8.57. The van der Waals surface area contributed by atoms with Gasteiger partial charge in [-0.25, -0.2) is 5.48 Å². The highest BCUT2D eigenvalue weighted by molar-refractivity contribution is 5.93. The van der Waals surface area contributed by atoms with Crippen LogP contribution >= 0.6 is 0 Å². The van der Waals surface area contributed by atoms with Crippen molar-refractivity contribution in [3.8, 4) is 0 Å². The standard InChI is InChI=1S/C16H25N3O2/c17-12-14-7-10-19(11-8-14)9-1-2-13-3-5-15(6-4-13)16(20)18-21/h3-6,14,21H,1-2,7-12,17H2,(H,18,20). The topological polar surface area (TPSA) is 78.6 Å². The van der Waals surface area contributed by atoms with E-state index in [0.29, 0.717) is 11.5 Å². The Morgan fingerprint density at radius 1 is 1.29 bits per heavy atom. The van der Waals surface area contributed by atoms with Crippen molar-refractivity contribution >= 4 is 5.91 Å². The minimum atomic E-state index is -0.468. The molecule has 0 aliphatic carbocycles. The number of amides is 1. The van der Waals surface area contributed by atoms with Crippen LogP contribution in [0.2, 0.25) is 0 Å². The van der Waals surface area contributed by atoms with Crippen molar-refractivity contribution in [1.29, 1.82) is 0 Å². The Morgan fingerprint density at radius 3 is 2.52 bits per heavy atom. The van der Waals surface area contributed by atoms with E-state index in [1.54, 1.807) is 17.6 Å². The second-order valence-electron chi connectivity index (χ2n) is 5.76. The normalized spacial score (nSPS) is 16.9. The summed E-state index contributed by atoms with van der Waals surface area (Å²) in [5.41, 5.74) is 9.05. The first kappa shape index (κ1) is 15.9. The number of nitrogens with two attached hydrogens (primary N) is 1. The van der Waals surface area contributed by atoms with Gasteiger partial charge in [-0.15, -0.1) is 0 Å². The Bertz CT molecular complexity index is 439. The fourth-order valence-electron chi connectivity index (χ4n) is 2.84. The first-order valence-corrected chi connectivity index (χ1v) is 7.68. The van der Waals surface area contributed by atoms with Crippen LogP contribution in [-0.2, 0) is 6.42 Å². The molecule has 1 aliphatic rings. The number of carbonyl (C=O) groups is 1. The number of rotatable bonds is 6. The molecule has 1 amide bonds. The van der Waals surface area contributed by atoms with Gasteiger partial charge in [-0.1, -0.05) is 12.1 Å². The molecule has 1 heterocycles. The first-order valence-electron chi connectivity index (χ1n) is 7.68. The zero-order valence-electron chi connectivity index (χ0n) is 12.4. The SMILES string of the molecule is NCC1CCN(CCCc2ccc(C(=O)NO)cc2)CC1. The minimum absolute atomic E-state index is 0.468. The lowest BCUT2D eigenvalue weighted by Gasteiger charge is -2.31. The lowest BCUT2D eigenvalue weighted by Crippen LogP contribution is -2.36. The van der Waals surface area contributed by atoms with Crippen LogP contribution < -0.4 is 11.2 Å². The van der Waals surface area contributed by atoms with E-state index >= 15 is 0 Å². The lowest BCUT2D eigenvalue weighted by molar-refractivity contribution is 0.0706. The molecule has 1 aromatic carbocycles. The van der Waals surface area contributed by atoms with Crippen LogP contribution in [-0.4, -0.2) is 42.2 Å². The van der Waals surface area contributed by atoms with Gasteiger partial charge in [-0.05, 0) is 75.5 Å². The van der Waals surface area contributed by atoms with Crippen LogP contribution in [0.5, 0.6) is 0 Å². The number of piperidine rings is 1. The van der Waals surface area contributed by atoms with Gasteiger partial charge in [0.1, 0.15) is 0 Å². The van der Waals surface area contributed by atoms with Crippen LogP contribution in [0.3, 0.4) is 0 Å². The number of nitrogens with zero attached hydrogens (tertiary/aromatic N) is 1. The molecular formula is C16H25N3O2. The Hall–Kier alpha value is -1.43. The molecule has 2 rings (SSSR count). The van der Waals surface area contributed by atoms with Gasteiger partial charge in [0.2, 0.25) is 0 Å². The summed E-state index contributed by atoms with van der Waals surface area (Å²) in [6.45, 7) is 4.27. The van der Waals surface area contributed by atoms with E-state index in [0.717, 1.165) is 39.0 Å². The number of nitrogens with one attached hydrogen (secondary N) is 1. The van der Waals surface area contributed by atoms with Crippen LogP contribution in [0.25, 0.3) is 0 Å². The second-order valence-corrected chi connectivity index (χ2v) is 5.76. The van der Waals surface area contributed by atoms with E-state index in [-0.39, 0.29) is 0 Å². The average Bonchev–Trinajstić information content (AvgIpc) is 2.55. The molecule has 1 saturated heterocycles. The molecule has 116 valence electrons. The minimum Gasteiger partial charge on any atom is -0.330 e. The summed E-state index contributed by atoms with van der Waals surface area (Å²) in [5.74, 6) is 0.246. The van der Waals surface area contributed by atoms with E-state index in [1.165, 1.54) is 18.4 Å². The van der Waals surface area contributed by atoms with Crippen LogP contribution in [0, 0.1) is 5.92 Å². The quantitative estimate of drug-likeness (QED) is 0.547. The highest BCUT2D eigenvalue weighted by Gasteiger charge is 2.17. The number of likely N-dealkylation sites (tertiary alicyclic amines) is 1. The summed E-state index contributed by atoms with van der Waals surface area (Å²) in [6.07, 6.45) is 4.58. The summed E-state index contributed by atoms with van der Waals surface area (Å²) < 4.78 is 0. The van der Waals surface area contributed by atoms with Gasteiger partial charge in [0, 0.05) is 5.56 Å². The Morgan fingerprint density at radius 2 is 1.95 bits per heavy atom. The van der Waals surface area contributed by atoms with Gasteiger partial charge in [0.05, 0.1) is 0 Å². The van der Waals surface area contributed by atoms with E-state index in [1.807, 2.05) is 12.1 Å². The van der Waals surface area contributed by atoms with Crippen molar-refractivity contribution in [3.63, 3.8) is 0 Å². The Kier molecular flexibility index (Phi) is 6.17. The molecule has 0 spiro atoms. The zero-order valence-corrected chi connectivity index (χ0v) is 12.4. The van der Waals surface area contributed by atoms with Gasteiger partial charge < -0.3 is 10.6 Å². The van der Waals surface area contributed by atoms with Gasteiger partial charge in [-0.3, -0.25) is 10.0 Å². The largest absolute Gasteiger partial charge is 0.330 e. The second kappa shape index (κ2) is 8.12. The number of aryl methyl sites for hydroxylation is 1. The van der Waals surface area contributed by atoms with Crippen molar-refractivity contribution in [2.24, 2.45) is 11.7 Å². The molecule has 0 saturated carbocycles. The molecule has 0 aromatic heterocycles. The van der Waals surface area contributed by atoms with Gasteiger partial charge in [0.25, 0.3) is 5.91 Å². The lowest BCUT2D eigenvalue weighted by atomic mass is 9.97. The maximum absolute atomic E-state index is 11.2. The highest BCUT2D eigenvalue weighted by Crippen LogP contribution is 2.16. The molecular weight excluding hydrogens is 266 g/mol. The summed E-state index contributed by atoms with van der Waals surface area (Å²) in [7, 11) is 0. The van der Waals surface area contributed by atoms with E-state index in [9.17, 15) is 4.79 Å². The predicted octanol–water partition coefficient (Wildman–Crippen LogP) is 1.41. The van der Waals surface area contributed by atoms with Crippen molar-refractivity contribution in [3.05, 3.63) is 35.4 Å². The molecule has 0 atom stereocenters. The highest BCUT2D eigenvalue weighted by atomic mass is 16.5. The molecule has 0 radical (unpaired) electrons. The monoisotopic (exact) mass is 291 g/mol. The number of carbonyl (C=O) groups excluding carboxylic acids is 1. The smallest absolute Gasteiger partial charge is 0.274 e. The molecule has 1 aromatic rings. The van der Waals surface area contributed by atoms with Crippen LogP contribution in [0.1, 0.15) is 35.2 Å². The summed E-state index contributed by atoms with van der Waals surface area (Å²) in [4.78, 5) is 13.7.